The van der Waals surface area contributed by atoms with Gasteiger partial charge in [0, 0.05) is 0 Å². The van der Waals surface area contributed by atoms with Crippen LogP contribution >= 0.6 is 110 Å². The maximum atomic E-state index is 5.69. The van der Waals surface area contributed by atoms with Gasteiger partial charge < -0.3 is 37.9 Å². The van der Waals surface area contributed by atoms with Gasteiger partial charge in [-0.2, -0.15) is 0 Å². The summed E-state index contributed by atoms with van der Waals surface area (Å²) in [6.45, 7) is 18.3. The van der Waals surface area contributed by atoms with Gasteiger partial charge in [-0.15, -0.1) is 0 Å². The van der Waals surface area contributed by atoms with Crippen LogP contribution < -0.4 is 37.9 Å². The summed E-state index contributed by atoms with van der Waals surface area (Å²) in [5.41, 5.74) is 9.01. The molecule has 388 valence electrons. The van der Waals surface area contributed by atoms with Gasteiger partial charge in [0.2, 0.25) is 0 Å². The fourth-order valence-corrected chi connectivity index (χ4v) is 7.77. The third kappa shape index (κ3) is 25.3. The van der Waals surface area contributed by atoms with E-state index in [1.54, 1.807) is 40.6 Å². The molecule has 0 aromatic heterocycles. The fraction of sp³-hybridized carbons (Fsp3) is 0.407. The highest BCUT2D eigenvalue weighted by Gasteiger charge is 2.12. The molecule has 0 heterocycles. The second kappa shape index (κ2) is 37.1. The third-order valence-electron chi connectivity index (χ3n) is 9.87. The van der Waals surface area contributed by atoms with Crippen LogP contribution in [0, 0.1) is 27.7 Å². The molecule has 0 atom stereocenters. The normalized spacial score (nSPS) is 10.0. The third-order valence-corrected chi connectivity index (χ3v) is 11.8. The van der Waals surface area contributed by atoms with Crippen molar-refractivity contribution in [2.45, 2.75) is 93.9 Å². The molecule has 0 fully saturated rings. The van der Waals surface area contributed by atoms with E-state index < -0.39 is 0 Å². The highest BCUT2D eigenvalue weighted by Crippen LogP contribution is 2.33. The van der Waals surface area contributed by atoms with Gasteiger partial charge in [0.15, 0.2) is 0 Å². The number of hydrogen-bond donors (Lipinski definition) is 0. The minimum absolute atomic E-state index is 0.214. The average Bonchev–Trinajstić information content (AvgIpc) is 3.29. The molecule has 0 saturated heterocycles. The summed E-state index contributed by atoms with van der Waals surface area (Å²) in [5.74, 6) is 7.15. The van der Waals surface area contributed by atoms with Crippen molar-refractivity contribution >= 4 is 110 Å². The van der Waals surface area contributed by atoms with E-state index in [9.17, 15) is 0 Å². The van der Waals surface area contributed by atoms with Gasteiger partial charge in [0.25, 0.3) is 0 Å². The van der Waals surface area contributed by atoms with E-state index in [0.29, 0.717) is 26.4 Å². The van der Waals surface area contributed by atoms with Crippen LogP contribution in [0.2, 0.25) is 0 Å². The van der Waals surface area contributed by atoms with Crippen molar-refractivity contribution in [3.8, 4) is 46.0 Å². The molecule has 0 amide bonds. The molecule has 8 nitrogen and oxygen atoms in total. The van der Waals surface area contributed by atoms with E-state index in [-0.39, 0.29) is 8.98 Å². The maximum Gasteiger partial charge on any atom is 0.125 e. The molecular weight excluding hydrogens is 1240 g/mol. The molecule has 16 heteroatoms. The van der Waals surface area contributed by atoms with E-state index >= 15 is 0 Å². The molecule has 0 N–H and O–H groups in total. The summed E-state index contributed by atoms with van der Waals surface area (Å²) in [6, 6.07) is 16.0. The van der Waals surface area contributed by atoms with E-state index in [2.05, 4.69) is 97.5 Å². The minimum Gasteiger partial charge on any atom is -0.496 e. The average molecular weight is 1310 g/mol. The Kier molecular flexibility index (Phi) is 34.6. The fourth-order valence-electron chi connectivity index (χ4n) is 6.99. The monoisotopic (exact) mass is 1300 g/mol. The second-order valence-corrected chi connectivity index (χ2v) is 22.7. The zero-order chi connectivity index (χ0) is 52.8. The van der Waals surface area contributed by atoms with Crippen LogP contribution in [-0.4, -0.2) is 54.9 Å². The Balaban J connectivity index is 0.000000467. The standard InChI is InChI=1S/C14H18Br2O2.C14H18Cl2O2.C13H16Br2O2.C13H16Cl2O2/c2*1-4-5-11-9-12(18-7-6-13(15)16)8-10(2)14(11)17-3;2*1-4-10-8-11(17-6-5-12(14)15)7-9(2)13(10)16-3/h2*6,8-9H,4-5,7H2,1-3H3;2*5,7-8H,4,6H2,1-3H3. The molecule has 0 aliphatic carbocycles. The lowest BCUT2D eigenvalue weighted by Crippen LogP contribution is -1.99. The molecule has 4 aromatic carbocycles. The Hall–Kier alpha value is -2.68. The molecule has 0 spiro atoms. The molecule has 0 saturated carbocycles. The zero-order valence-corrected chi connectivity index (χ0v) is 51.7. The Morgan fingerprint density at radius 1 is 0.400 bits per heavy atom. The first-order valence-corrected chi connectivity index (χ1v) is 27.3. The topological polar surface area (TPSA) is 73.8 Å². The van der Waals surface area contributed by atoms with Gasteiger partial charge in [-0.3, -0.25) is 0 Å². The van der Waals surface area contributed by atoms with Crippen molar-refractivity contribution in [3.63, 3.8) is 0 Å². The largest absolute Gasteiger partial charge is 0.496 e. The molecule has 4 aromatic rings. The van der Waals surface area contributed by atoms with Gasteiger partial charge >= 0.3 is 0 Å². The molecule has 4 rings (SSSR count). The molecule has 0 aliphatic rings. The van der Waals surface area contributed by atoms with Crippen molar-refractivity contribution in [1.82, 2.24) is 0 Å². The van der Waals surface area contributed by atoms with Crippen LogP contribution in [0.1, 0.15) is 85.0 Å². The highest BCUT2D eigenvalue weighted by molar-refractivity contribution is 9.28. The summed E-state index contributed by atoms with van der Waals surface area (Å²) < 4.78 is 46.3. The lowest BCUT2D eigenvalue weighted by molar-refractivity contribution is 0.359. The first kappa shape index (κ1) is 65.3. The lowest BCUT2D eigenvalue weighted by atomic mass is 10.0. The van der Waals surface area contributed by atoms with Crippen molar-refractivity contribution in [2.24, 2.45) is 0 Å². The molecule has 70 heavy (non-hydrogen) atoms. The Morgan fingerprint density at radius 2 is 0.643 bits per heavy atom. The van der Waals surface area contributed by atoms with E-state index in [4.69, 9.17) is 84.3 Å². The Morgan fingerprint density at radius 3 is 0.857 bits per heavy atom. The van der Waals surface area contributed by atoms with Crippen molar-refractivity contribution < 1.29 is 37.9 Å². The number of hydrogen-bond acceptors (Lipinski definition) is 8. The van der Waals surface area contributed by atoms with Gasteiger partial charge in [-0.1, -0.05) is 86.9 Å². The number of ether oxygens (including phenoxy) is 8. The van der Waals surface area contributed by atoms with Crippen LogP contribution in [0.5, 0.6) is 46.0 Å². The minimum atomic E-state index is 0.214. The number of rotatable bonds is 22. The predicted molar refractivity (Wildman–Crippen MR) is 311 cm³/mol. The quantitative estimate of drug-likeness (QED) is 0.0771. The number of benzene rings is 4. The summed E-state index contributed by atoms with van der Waals surface area (Å²) in [6.07, 6.45) is 13.0. The van der Waals surface area contributed by atoms with Gasteiger partial charge in [-0.25, -0.2) is 0 Å². The van der Waals surface area contributed by atoms with Crippen LogP contribution in [0.25, 0.3) is 0 Å². The van der Waals surface area contributed by atoms with Crippen LogP contribution in [0.15, 0.2) is 88.6 Å². The van der Waals surface area contributed by atoms with Crippen molar-refractivity contribution in [2.75, 3.05) is 54.9 Å². The SMILES string of the molecule is CCCc1cc(OCC=C(Br)Br)cc(C)c1OC.CCCc1cc(OCC=C(Cl)Cl)cc(C)c1OC.CCc1cc(OCC=C(Br)Br)cc(C)c1OC.CCc1cc(OCC=C(Cl)Cl)cc(C)c1OC. The van der Waals surface area contributed by atoms with Crippen LogP contribution in [0.4, 0.5) is 0 Å². The first-order chi connectivity index (χ1) is 33.3. The van der Waals surface area contributed by atoms with Crippen molar-refractivity contribution in [1.29, 1.82) is 0 Å². The zero-order valence-electron chi connectivity index (χ0n) is 42.3. The van der Waals surface area contributed by atoms with E-state index in [0.717, 1.165) is 125 Å². The van der Waals surface area contributed by atoms with Crippen molar-refractivity contribution in [3.05, 3.63) is 133 Å². The second-order valence-electron chi connectivity index (χ2n) is 15.2. The van der Waals surface area contributed by atoms with E-state index in [1.165, 1.54) is 11.1 Å². The van der Waals surface area contributed by atoms with Gasteiger partial charge in [0.1, 0.15) is 81.4 Å². The maximum absolute atomic E-state index is 5.69. The van der Waals surface area contributed by atoms with Gasteiger partial charge in [-0.05, 0) is 234 Å². The number of halogens is 8. The highest BCUT2D eigenvalue weighted by atomic mass is 79.9. The lowest BCUT2D eigenvalue weighted by Gasteiger charge is -2.13. The molecule has 0 aliphatic heterocycles. The molecular formula is C54H68Br4Cl4O8. The predicted octanol–water partition coefficient (Wildman–Crippen LogP) is 18.5. The van der Waals surface area contributed by atoms with Crippen LogP contribution in [-0.2, 0) is 25.7 Å². The molecule has 0 radical (unpaired) electrons. The Labute approximate surface area is 471 Å². The van der Waals surface area contributed by atoms with E-state index in [1.807, 2.05) is 82.3 Å². The smallest absolute Gasteiger partial charge is 0.125 e. The number of aryl methyl sites for hydroxylation is 8. The summed E-state index contributed by atoms with van der Waals surface area (Å²) in [4.78, 5) is 0. The first-order valence-electron chi connectivity index (χ1n) is 22.6. The summed E-state index contributed by atoms with van der Waals surface area (Å²) in [5, 5.41) is 0. The summed E-state index contributed by atoms with van der Waals surface area (Å²) >= 11 is 35.3. The molecule has 0 unspecified atom stereocenters. The van der Waals surface area contributed by atoms with Gasteiger partial charge in [0.05, 0.1) is 35.2 Å². The Bertz CT molecular complexity index is 2160. The molecule has 0 bridgehead atoms. The van der Waals surface area contributed by atoms with Crippen LogP contribution in [0.3, 0.4) is 0 Å². The number of methoxy groups -OCH3 is 4. The summed E-state index contributed by atoms with van der Waals surface area (Å²) in [7, 11) is 6.79.